The number of halogens is 1. The van der Waals surface area contributed by atoms with E-state index in [1.165, 1.54) is 6.07 Å². The summed E-state index contributed by atoms with van der Waals surface area (Å²) in [4.78, 5) is 2.00. The minimum absolute atomic E-state index is 0.198. The van der Waals surface area contributed by atoms with Crippen molar-refractivity contribution in [2.75, 3.05) is 11.9 Å². The molecule has 0 bridgehead atoms. The number of nitrogens with zero attached hydrogens (tertiary/aromatic N) is 1. The lowest BCUT2D eigenvalue weighted by Gasteiger charge is -2.21. The van der Waals surface area contributed by atoms with Crippen molar-refractivity contribution in [2.45, 2.75) is 6.92 Å². The molecule has 2 N–H and O–H groups in total. The molecule has 0 atom stereocenters. The van der Waals surface area contributed by atoms with Crippen LogP contribution in [-0.4, -0.2) is 12.0 Å². The Morgan fingerprint density at radius 2 is 1.95 bits per heavy atom. The molecular formula is C15H15FN2S. The van der Waals surface area contributed by atoms with Gasteiger partial charge >= 0.3 is 0 Å². The predicted molar refractivity (Wildman–Crippen MR) is 81.5 cm³/mol. The lowest BCUT2D eigenvalue weighted by Crippen LogP contribution is -2.14. The molecule has 98 valence electrons. The van der Waals surface area contributed by atoms with Gasteiger partial charge in [-0.3, -0.25) is 0 Å². The number of hydrogen-bond donors (Lipinski definition) is 1. The summed E-state index contributed by atoms with van der Waals surface area (Å²) < 4.78 is 14.1. The molecule has 0 heterocycles. The van der Waals surface area contributed by atoms with E-state index in [2.05, 4.69) is 0 Å². The Morgan fingerprint density at radius 1 is 1.21 bits per heavy atom. The van der Waals surface area contributed by atoms with Crippen LogP contribution >= 0.6 is 12.2 Å². The van der Waals surface area contributed by atoms with Gasteiger partial charge in [0, 0.05) is 18.3 Å². The maximum Gasteiger partial charge on any atom is 0.147 e. The Kier molecular flexibility index (Phi) is 3.81. The van der Waals surface area contributed by atoms with Gasteiger partial charge in [0.05, 0.1) is 5.69 Å². The molecule has 0 saturated carbocycles. The van der Waals surface area contributed by atoms with Crippen LogP contribution in [0.3, 0.4) is 0 Å². The lowest BCUT2D eigenvalue weighted by molar-refractivity contribution is 0.627. The Labute approximate surface area is 117 Å². The van der Waals surface area contributed by atoms with Crippen LogP contribution in [0.5, 0.6) is 0 Å². The molecule has 0 aliphatic carbocycles. The molecule has 2 rings (SSSR count). The van der Waals surface area contributed by atoms with E-state index >= 15 is 0 Å². The fourth-order valence-electron chi connectivity index (χ4n) is 1.91. The first-order valence-electron chi connectivity index (χ1n) is 5.89. The molecular weight excluding hydrogens is 259 g/mol. The van der Waals surface area contributed by atoms with E-state index < -0.39 is 0 Å². The molecule has 0 amide bonds. The van der Waals surface area contributed by atoms with Gasteiger partial charge in [0.25, 0.3) is 0 Å². The summed E-state index contributed by atoms with van der Waals surface area (Å²) in [7, 11) is 1.83. The Morgan fingerprint density at radius 3 is 2.53 bits per heavy atom. The highest BCUT2D eigenvalue weighted by Gasteiger charge is 2.11. The maximum absolute atomic E-state index is 14.1. The maximum atomic E-state index is 14.1. The molecule has 0 aromatic heterocycles. The number of anilines is 2. The van der Waals surface area contributed by atoms with Gasteiger partial charge in [-0.1, -0.05) is 24.4 Å². The first-order valence-corrected chi connectivity index (χ1v) is 6.29. The standard InChI is InChI=1S/C15H15FN2S/c1-10-4-3-5-12(8-10)18(2)14-7-6-11(15(17)19)9-13(14)16/h3-9H,1-2H3,(H2,17,19). The number of thiocarbonyl (C=S) groups is 1. The molecule has 2 nitrogen and oxygen atoms in total. The van der Waals surface area contributed by atoms with E-state index in [4.69, 9.17) is 18.0 Å². The summed E-state index contributed by atoms with van der Waals surface area (Å²) in [5, 5.41) is 0. The largest absolute Gasteiger partial charge is 0.389 e. The van der Waals surface area contributed by atoms with Crippen LogP contribution in [0.25, 0.3) is 0 Å². The Balaban J connectivity index is 2.39. The molecule has 2 aromatic rings. The molecule has 19 heavy (non-hydrogen) atoms. The van der Waals surface area contributed by atoms with Crippen molar-refractivity contribution in [1.29, 1.82) is 0 Å². The quantitative estimate of drug-likeness (QED) is 0.868. The second kappa shape index (κ2) is 5.36. The molecule has 2 aromatic carbocycles. The van der Waals surface area contributed by atoms with Gasteiger partial charge in [0.1, 0.15) is 10.8 Å². The number of aryl methyl sites for hydroxylation is 1. The van der Waals surface area contributed by atoms with Gasteiger partial charge in [-0.2, -0.15) is 0 Å². The number of rotatable bonds is 3. The number of benzene rings is 2. The van der Waals surface area contributed by atoms with E-state index in [1.54, 1.807) is 17.0 Å². The van der Waals surface area contributed by atoms with Gasteiger partial charge in [0.15, 0.2) is 0 Å². The minimum Gasteiger partial charge on any atom is -0.389 e. The average Bonchev–Trinajstić information content (AvgIpc) is 2.37. The first-order chi connectivity index (χ1) is 8.99. The molecule has 0 aliphatic heterocycles. The predicted octanol–water partition coefficient (Wildman–Crippen LogP) is 3.54. The minimum atomic E-state index is -0.339. The van der Waals surface area contributed by atoms with Crippen molar-refractivity contribution >= 4 is 28.6 Å². The van der Waals surface area contributed by atoms with Crippen molar-refractivity contribution in [3.63, 3.8) is 0 Å². The third kappa shape index (κ3) is 2.90. The van der Waals surface area contributed by atoms with Crippen LogP contribution in [0.1, 0.15) is 11.1 Å². The van der Waals surface area contributed by atoms with Crippen molar-refractivity contribution in [1.82, 2.24) is 0 Å². The smallest absolute Gasteiger partial charge is 0.147 e. The summed E-state index contributed by atoms with van der Waals surface area (Å²) in [6.45, 7) is 2.00. The zero-order chi connectivity index (χ0) is 14.0. The normalized spacial score (nSPS) is 10.3. The fourth-order valence-corrected chi connectivity index (χ4v) is 2.03. The van der Waals surface area contributed by atoms with Crippen LogP contribution in [0.4, 0.5) is 15.8 Å². The van der Waals surface area contributed by atoms with Gasteiger partial charge in [0.2, 0.25) is 0 Å². The molecule has 0 saturated heterocycles. The second-order valence-electron chi connectivity index (χ2n) is 4.43. The Bertz CT molecular complexity index is 625. The highest BCUT2D eigenvalue weighted by Crippen LogP contribution is 2.27. The number of hydrogen-bond acceptors (Lipinski definition) is 2. The van der Waals surface area contributed by atoms with E-state index in [0.717, 1.165) is 11.3 Å². The topological polar surface area (TPSA) is 29.3 Å². The summed E-state index contributed by atoms with van der Waals surface area (Å²) in [5.41, 5.74) is 8.58. The van der Waals surface area contributed by atoms with Crippen molar-refractivity contribution in [2.24, 2.45) is 5.73 Å². The first kappa shape index (κ1) is 13.5. The van der Waals surface area contributed by atoms with Crippen molar-refractivity contribution in [3.05, 3.63) is 59.4 Å². The fraction of sp³-hybridized carbons (Fsp3) is 0.133. The zero-order valence-electron chi connectivity index (χ0n) is 10.9. The second-order valence-corrected chi connectivity index (χ2v) is 4.87. The van der Waals surface area contributed by atoms with Crippen LogP contribution in [0.15, 0.2) is 42.5 Å². The summed E-state index contributed by atoms with van der Waals surface area (Å²) in [6, 6.07) is 12.7. The van der Waals surface area contributed by atoms with E-state index in [-0.39, 0.29) is 10.8 Å². The van der Waals surface area contributed by atoms with Gasteiger partial charge < -0.3 is 10.6 Å². The summed E-state index contributed by atoms with van der Waals surface area (Å²) in [5.74, 6) is -0.339. The van der Waals surface area contributed by atoms with Gasteiger partial charge in [-0.15, -0.1) is 0 Å². The lowest BCUT2D eigenvalue weighted by atomic mass is 10.1. The molecule has 4 heteroatoms. The van der Waals surface area contributed by atoms with Crippen LogP contribution in [-0.2, 0) is 0 Å². The highest BCUT2D eigenvalue weighted by molar-refractivity contribution is 7.80. The average molecular weight is 274 g/mol. The van der Waals surface area contributed by atoms with E-state index in [0.29, 0.717) is 11.3 Å². The molecule has 0 fully saturated rings. The zero-order valence-corrected chi connectivity index (χ0v) is 11.7. The highest BCUT2D eigenvalue weighted by atomic mass is 32.1. The molecule has 0 spiro atoms. The molecule has 0 radical (unpaired) electrons. The molecule has 0 unspecified atom stereocenters. The molecule has 0 aliphatic rings. The SMILES string of the molecule is Cc1cccc(N(C)c2ccc(C(N)=S)cc2F)c1. The van der Waals surface area contributed by atoms with E-state index in [1.807, 2.05) is 38.2 Å². The Hall–Kier alpha value is -1.94. The van der Waals surface area contributed by atoms with Gasteiger partial charge in [-0.05, 0) is 42.8 Å². The van der Waals surface area contributed by atoms with Crippen molar-refractivity contribution in [3.8, 4) is 0 Å². The van der Waals surface area contributed by atoms with Gasteiger partial charge in [-0.25, -0.2) is 4.39 Å². The monoisotopic (exact) mass is 274 g/mol. The summed E-state index contributed by atoms with van der Waals surface area (Å²) >= 11 is 4.84. The van der Waals surface area contributed by atoms with Crippen LogP contribution < -0.4 is 10.6 Å². The summed E-state index contributed by atoms with van der Waals surface area (Å²) in [6.07, 6.45) is 0. The van der Waals surface area contributed by atoms with Crippen molar-refractivity contribution < 1.29 is 4.39 Å². The third-order valence-corrected chi connectivity index (χ3v) is 3.22. The third-order valence-electron chi connectivity index (χ3n) is 2.98. The number of nitrogens with two attached hydrogens (primary N) is 1. The van der Waals surface area contributed by atoms with Crippen LogP contribution in [0, 0.1) is 12.7 Å². The van der Waals surface area contributed by atoms with E-state index in [9.17, 15) is 4.39 Å². The van der Waals surface area contributed by atoms with Crippen LogP contribution in [0.2, 0.25) is 0 Å².